The lowest BCUT2D eigenvalue weighted by Crippen LogP contribution is -2.51. The van der Waals surface area contributed by atoms with Gasteiger partial charge < -0.3 is 10.1 Å². The Bertz CT molecular complexity index is 407. The van der Waals surface area contributed by atoms with Crippen LogP contribution in [0.4, 0.5) is 0 Å². The Labute approximate surface area is 109 Å². The molecule has 1 N–H and O–H groups in total. The number of nitrogens with zero attached hydrogens (tertiary/aromatic N) is 1. The fourth-order valence-corrected chi connectivity index (χ4v) is 2.97. The number of nitrogens with one attached hydrogen (secondary N) is 1. The molecule has 3 heteroatoms. The monoisotopic (exact) mass is 246 g/mol. The summed E-state index contributed by atoms with van der Waals surface area (Å²) in [7, 11) is 0. The van der Waals surface area contributed by atoms with E-state index in [-0.39, 0.29) is 0 Å². The van der Waals surface area contributed by atoms with Crippen molar-refractivity contribution in [2.75, 3.05) is 26.3 Å². The van der Waals surface area contributed by atoms with Crippen LogP contribution in [0.2, 0.25) is 0 Å². The molecule has 0 bridgehead atoms. The Morgan fingerprint density at radius 3 is 3.00 bits per heavy atom. The average Bonchev–Trinajstić information content (AvgIpc) is 2.41. The van der Waals surface area contributed by atoms with Gasteiger partial charge in [-0.05, 0) is 24.5 Å². The second kappa shape index (κ2) is 5.39. The first-order valence-electron chi connectivity index (χ1n) is 6.95. The highest BCUT2D eigenvalue weighted by Crippen LogP contribution is 2.18. The second-order valence-electron chi connectivity index (χ2n) is 5.47. The summed E-state index contributed by atoms with van der Waals surface area (Å²) in [5.41, 5.74) is 2.98. The number of hydrogen-bond acceptors (Lipinski definition) is 3. The maximum Gasteiger partial charge on any atom is 0.0619 e. The van der Waals surface area contributed by atoms with Crippen LogP contribution in [0.1, 0.15) is 18.1 Å². The van der Waals surface area contributed by atoms with Crippen LogP contribution in [-0.2, 0) is 17.7 Å². The molecule has 1 aromatic carbocycles. The summed E-state index contributed by atoms with van der Waals surface area (Å²) in [5.74, 6) is 0. The molecule has 0 aromatic heterocycles. The largest absolute Gasteiger partial charge is 0.379 e. The summed E-state index contributed by atoms with van der Waals surface area (Å²) in [5, 5.41) is 3.66. The normalized spacial score (nSPS) is 28.9. The molecule has 1 saturated heterocycles. The molecule has 3 rings (SSSR count). The molecule has 18 heavy (non-hydrogen) atoms. The molecule has 0 unspecified atom stereocenters. The van der Waals surface area contributed by atoms with Crippen molar-refractivity contribution in [3.8, 4) is 0 Å². The third kappa shape index (κ3) is 2.58. The predicted octanol–water partition coefficient (Wildman–Crippen LogP) is 1.42. The van der Waals surface area contributed by atoms with Gasteiger partial charge in [0.1, 0.15) is 0 Å². The van der Waals surface area contributed by atoms with Crippen LogP contribution < -0.4 is 5.32 Å². The minimum Gasteiger partial charge on any atom is -0.379 e. The first-order chi connectivity index (χ1) is 8.83. The van der Waals surface area contributed by atoms with E-state index >= 15 is 0 Å². The zero-order valence-electron chi connectivity index (χ0n) is 11.1. The SMILES string of the molecule is C[C@@H]1COCCN1C[C@@H]1Cc2ccccc2CN1. The minimum absolute atomic E-state index is 0.553. The summed E-state index contributed by atoms with van der Waals surface area (Å²) < 4.78 is 5.50. The maximum atomic E-state index is 5.50. The van der Waals surface area contributed by atoms with Gasteiger partial charge in [-0.25, -0.2) is 0 Å². The summed E-state index contributed by atoms with van der Waals surface area (Å²) in [6, 6.07) is 9.92. The van der Waals surface area contributed by atoms with E-state index in [4.69, 9.17) is 4.74 Å². The van der Waals surface area contributed by atoms with Gasteiger partial charge in [0.2, 0.25) is 0 Å². The first kappa shape index (κ1) is 12.2. The molecule has 0 radical (unpaired) electrons. The van der Waals surface area contributed by atoms with Crippen molar-refractivity contribution in [2.45, 2.75) is 32.0 Å². The molecule has 0 saturated carbocycles. The number of rotatable bonds is 2. The van der Waals surface area contributed by atoms with Gasteiger partial charge in [0.05, 0.1) is 13.2 Å². The Balaban J connectivity index is 1.62. The van der Waals surface area contributed by atoms with E-state index in [1.54, 1.807) is 0 Å². The Morgan fingerprint density at radius 2 is 2.17 bits per heavy atom. The van der Waals surface area contributed by atoms with E-state index in [0.717, 1.165) is 39.3 Å². The summed E-state index contributed by atoms with van der Waals surface area (Å²) >= 11 is 0. The van der Waals surface area contributed by atoms with Crippen LogP contribution in [0, 0.1) is 0 Å². The molecule has 0 aliphatic carbocycles. The number of benzene rings is 1. The third-order valence-corrected chi connectivity index (χ3v) is 4.13. The first-order valence-corrected chi connectivity index (χ1v) is 6.95. The van der Waals surface area contributed by atoms with Crippen LogP contribution in [0.25, 0.3) is 0 Å². The molecule has 0 amide bonds. The van der Waals surface area contributed by atoms with Crippen molar-refractivity contribution < 1.29 is 4.74 Å². The zero-order chi connectivity index (χ0) is 12.4. The number of hydrogen-bond donors (Lipinski definition) is 1. The molecule has 98 valence electrons. The Morgan fingerprint density at radius 1 is 1.33 bits per heavy atom. The van der Waals surface area contributed by atoms with Crippen molar-refractivity contribution in [3.63, 3.8) is 0 Å². The molecule has 0 spiro atoms. The van der Waals surface area contributed by atoms with Crippen molar-refractivity contribution in [1.82, 2.24) is 10.2 Å². The lowest BCUT2D eigenvalue weighted by molar-refractivity contribution is -0.00470. The van der Waals surface area contributed by atoms with Crippen LogP contribution in [0.3, 0.4) is 0 Å². The number of fused-ring (bicyclic) bond motifs is 1. The molecule has 1 aromatic rings. The summed E-state index contributed by atoms with van der Waals surface area (Å²) in [4.78, 5) is 2.55. The molecule has 2 heterocycles. The molecule has 2 aliphatic rings. The van der Waals surface area contributed by atoms with Crippen LogP contribution in [0.5, 0.6) is 0 Å². The van der Waals surface area contributed by atoms with E-state index in [1.165, 1.54) is 11.1 Å². The number of ether oxygens (including phenoxy) is 1. The quantitative estimate of drug-likeness (QED) is 0.854. The molecular formula is C15H22N2O. The topological polar surface area (TPSA) is 24.5 Å². The van der Waals surface area contributed by atoms with E-state index in [2.05, 4.69) is 41.4 Å². The van der Waals surface area contributed by atoms with Gasteiger partial charge in [-0.1, -0.05) is 24.3 Å². The minimum atomic E-state index is 0.553. The van der Waals surface area contributed by atoms with Crippen molar-refractivity contribution >= 4 is 0 Å². The van der Waals surface area contributed by atoms with Crippen molar-refractivity contribution in [1.29, 1.82) is 0 Å². The van der Waals surface area contributed by atoms with Gasteiger partial charge in [-0.2, -0.15) is 0 Å². The fourth-order valence-electron chi connectivity index (χ4n) is 2.97. The maximum absolute atomic E-state index is 5.50. The van der Waals surface area contributed by atoms with Gasteiger partial charge in [0.25, 0.3) is 0 Å². The van der Waals surface area contributed by atoms with Gasteiger partial charge in [0.15, 0.2) is 0 Å². The predicted molar refractivity (Wildman–Crippen MR) is 72.6 cm³/mol. The van der Waals surface area contributed by atoms with E-state index in [9.17, 15) is 0 Å². The van der Waals surface area contributed by atoms with Crippen molar-refractivity contribution in [2.24, 2.45) is 0 Å². The van der Waals surface area contributed by atoms with Gasteiger partial charge in [0, 0.05) is 31.7 Å². The van der Waals surface area contributed by atoms with Gasteiger partial charge in [-0.3, -0.25) is 4.90 Å². The Hall–Kier alpha value is -0.900. The van der Waals surface area contributed by atoms with E-state index in [0.29, 0.717) is 12.1 Å². The standard InChI is InChI=1S/C15H22N2O/c1-12-11-18-7-6-17(12)10-15-8-13-4-2-3-5-14(13)9-16-15/h2-5,12,15-16H,6-11H2,1H3/t12-,15+/m1/s1. The highest BCUT2D eigenvalue weighted by Gasteiger charge is 2.24. The highest BCUT2D eigenvalue weighted by atomic mass is 16.5. The number of morpholine rings is 1. The molecule has 2 atom stereocenters. The lowest BCUT2D eigenvalue weighted by Gasteiger charge is -2.37. The fraction of sp³-hybridized carbons (Fsp3) is 0.600. The smallest absolute Gasteiger partial charge is 0.0619 e. The molecule has 3 nitrogen and oxygen atoms in total. The summed E-state index contributed by atoms with van der Waals surface area (Å²) in [6.07, 6.45) is 1.15. The van der Waals surface area contributed by atoms with E-state index < -0.39 is 0 Å². The summed E-state index contributed by atoms with van der Waals surface area (Å²) in [6.45, 7) is 7.24. The third-order valence-electron chi connectivity index (χ3n) is 4.13. The van der Waals surface area contributed by atoms with E-state index in [1.807, 2.05) is 0 Å². The highest BCUT2D eigenvalue weighted by molar-refractivity contribution is 5.29. The average molecular weight is 246 g/mol. The van der Waals surface area contributed by atoms with Crippen LogP contribution >= 0.6 is 0 Å². The molecule has 2 aliphatic heterocycles. The second-order valence-corrected chi connectivity index (χ2v) is 5.47. The molecule has 1 fully saturated rings. The lowest BCUT2D eigenvalue weighted by atomic mass is 9.95. The molecular weight excluding hydrogens is 224 g/mol. The van der Waals surface area contributed by atoms with Gasteiger partial charge in [-0.15, -0.1) is 0 Å². The van der Waals surface area contributed by atoms with Crippen molar-refractivity contribution in [3.05, 3.63) is 35.4 Å². The van der Waals surface area contributed by atoms with Gasteiger partial charge >= 0.3 is 0 Å². The van der Waals surface area contributed by atoms with Crippen LogP contribution in [-0.4, -0.2) is 43.3 Å². The Kier molecular flexibility index (Phi) is 3.64. The van der Waals surface area contributed by atoms with Crippen LogP contribution in [0.15, 0.2) is 24.3 Å². The zero-order valence-corrected chi connectivity index (χ0v) is 11.1.